The number of nitrogens with one attached hydrogen (secondary N) is 1. The standard InChI is InChI=1S/C21H18BrN3O4/c1-3-28-19-12-14(11-18(22)20(19)29-9-8-23)10-15(13-24)21(26)25-16-4-6-17(27-2)7-5-16/h4-7,10-12H,3,9H2,1-2H3,(H,25,26)/b15-10+. The predicted molar refractivity (Wildman–Crippen MR) is 112 cm³/mol. The summed E-state index contributed by atoms with van der Waals surface area (Å²) in [5, 5.41) is 20.8. The quantitative estimate of drug-likeness (QED) is 0.469. The van der Waals surface area contributed by atoms with E-state index >= 15 is 0 Å². The normalized spacial score (nSPS) is 10.4. The van der Waals surface area contributed by atoms with E-state index in [9.17, 15) is 10.1 Å². The molecule has 0 aromatic heterocycles. The second kappa shape index (κ2) is 10.7. The summed E-state index contributed by atoms with van der Waals surface area (Å²) in [4.78, 5) is 12.5. The molecule has 0 saturated carbocycles. The number of amides is 1. The number of methoxy groups -OCH3 is 1. The van der Waals surface area contributed by atoms with Crippen molar-refractivity contribution in [2.45, 2.75) is 6.92 Å². The molecule has 0 aliphatic heterocycles. The van der Waals surface area contributed by atoms with Crippen LogP contribution in [0.25, 0.3) is 6.08 Å². The van der Waals surface area contributed by atoms with Crippen molar-refractivity contribution in [3.8, 4) is 29.4 Å². The van der Waals surface area contributed by atoms with Crippen LogP contribution in [-0.2, 0) is 4.79 Å². The molecule has 0 radical (unpaired) electrons. The number of anilines is 1. The van der Waals surface area contributed by atoms with Crippen LogP contribution in [0.5, 0.6) is 17.2 Å². The van der Waals surface area contributed by atoms with Crippen LogP contribution in [0.2, 0.25) is 0 Å². The van der Waals surface area contributed by atoms with Crippen LogP contribution < -0.4 is 19.5 Å². The molecule has 0 fully saturated rings. The predicted octanol–water partition coefficient (Wildman–Crippen LogP) is 4.30. The van der Waals surface area contributed by atoms with Gasteiger partial charge in [0.05, 0.1) is 18.2 Å². The molecule has 0 aliphatic rings. The van der Waals surface area contributed by atoms with Crippen LogP contribution in [0.3, 0.4) is 0 Å². The summed E-state index contributed by atoms with van der Waals surface area (Å²) in [5.74, 6) is 0.894. The molecular formula is C21H18BrN3O4. The summed E-state index contributed by atoms with van der Waals surface area (Å²) in [7, 11) is 1.55. The Kier molecular flexibility index (Phi) is 8.08. The number of hydrogen-bond donors (Lipinski definition) is 1. The van der Waals surface area contributed by atoms with Gasteiger partial charge in [-0.3, -0.25) is 4.79 Å². The first-order valence-electron chi connectivity index (χ1n) is 8.55. The highest BCUT2D eigenvalue weighted by atomic mass is 79.9. The van der Waals surface area contributed by atoms with Gasteiger partial charge in [0, 0.05) is 5.69 Å². The van der Waals surface area contributed by atoms with Gasteiger partial charge in [-0.05, 0) is 70.9 Å². The lowest BCUT2D eigenvalue weighted by Crippen LogP contribution is -2.13. The number of nitrogens with zero attached hydrogens (tertiary/aromatic N) is 2. The topological polar surface area (TPSA) is 104 Å². The van der Waals surface area contributed by atoms with Gasteiger partial charge in [0.2, 0.25) is 0 Å². The molecule has 0 heterocycles. The number of hydrogen-bond acceptors (Lipinski definition) is 6. The summed E-state index contributed by atoms with van der Waals surface area (Å²) < 4.78 is 16.6. The first-order chi connectivity index (χ1) is 14.0. The molecule has 148 valence electrons. The highest BCUT2D eigenvalue weighted by molar-refractivity contribution is 9.10. The second-order valence-corrected chi connectivity index (χ2v) is 6.42. The van der Waals surface area contributed by atoms with Gasteiger partial charge in [0.15, 0.2) is 18.1 Å². The van der Waals surface area contributed by atoms with Crippen LogP contribution in [0, 0.1) is 22.7 Å². The molecule has 1 N–H and O–H groups in total. The Morgan fingerprint density at radius 1 is 1.21 bits per heavy atom. The smallest absolute Gasteiger partial charge is 0.266 e. The molecule has 29 heavy (non-hydrogen) atoms. The molecule has 0 unspecified atom stereocenters. The van der Waals surface area contributed by atoms with Crippen LogP contribution in [0.4, 0.5) is 5.69 Å². The number of nitriles is 2. The summed E-state index contributed by atoms with van der Waals surface area (Å²) in [5.41, 5.74) is 1.01. The van der Waals surface area contributed by atoms with Crippen molar-refractivity contribution in [2.24, 2.45) is 0 Å². The number of halogens is 1. The zero-order valence-electron chi connectivity index (χ0n) is 15.9. The highest BCUT2D eigenvalue weighted by Crippen LogP contribution is 2.37. The van der Waals surface area contributed by atoms with E-state index in [0.29, 0.717) is 39.6 Å². The number of carbonyl (C=O) groups is 1. The van der Waals surface area contributed by atoms with Gasteiger partial charge in [-0.1, -0.05) is 0 Å². The van der Waals surface area contributed by atoms with Gasteiger partial charge in [0.25, 0.3) is 5.91 Å². The Bertz CT molecular complexity index is 989. The molecule has 0 bridgehead atoms. The summed E-state index contributed by atoms with van der Waals surface area (Å²) in [6.07, 6.45) is 1.44. The Balaban J connectivity index is 2.29. The van der Waals surface area contributed by atoms with Crippen molar-refractivity contribution in [1.29, 1.82) is 10.5 Å². The van der Waals surface area contributed by atoms with Crippen molar-refractivity contribution in [1.82, 2.24) is 0 Å². The molecule has 2 rings (SSSR count). The zero-order valence-corrected chi connectivity index (χ0v) is 17.4. The molecule has 2 aromatic rings. The SMILES string of the molecule is CCOc1cc(/C=C(\C#N)C(=O)Nc2ccc(OC)cc2)cc(Br)c1OCC#N. The average Bonchev–Trinajstić information content (AvgIpc) is 2.72. The number of ether oxygens (including phenoxy) is 3. The van der Waals surface area contributed by atoms with Crippen molar-refractivity contribution in [3.05, 3.63) is 52.0 Å². The van der Waals surface area contributed by atoms with E-state index in [2.05, 4.69) is 21.2 Å². The van der Waals surface area contributed by atoms with Crippen molar-refractivity contribution in [3.63, 3.8) is 0 Å². The highest BCUT2D eigenvalue weighted by Gasteiger charge is 2.14. The fraction of sp³-hybridized carbons (Fsp3) is 0.190. The van der Waals surface area contributed by atoms with Gasteiger partial charge in [0.1, 0.15) is 23.5 Å². The van der Waals surface area contributed by atoms with E-state index in [1.54, 1.807) is 43.5 Å². The van der Waals surface area contributed by atoms with Gasteiger partial charge in [-0.2, -0.15) is 10.5 Å². The number of benzene rings is 2. The van der Waals surface area contributed by atoms with E-state index < -0.39 is 5.91 Å². The molecule has 1 amide bonds. The van der Waals surface area contributed by atoms with Crippen LogP contribution >= 0.6 is 15.9 Å². The second-order valence-electron chi connectivity index (χ2n) is 5.56. The third kappa shape index (κ3) is 6.00. The maximum atomic E-state index is 12.5. The maximum absolute atomic E-state index is 12.5. The van der Waals surface area contributed by atoms with Crippen molar-refractivity contribution >= 4 is 33.6 Å². The lowest BCUT2D eigenvalue weighted by atomic mass is 10.1. The molecule has 8 heteroatoms. The minimum absolute atomic E-state index is 0.0825. The van der Waals surface area contributed by atoms with Crippen molar-refractivity contribution in [2.75, 3.05) is 25.6 Å². The zero-order chi connectivity index (χ0) is 21.2. The van der Waals surface area contributed by atoms with Crippen molar-refractivity contribution < 1.29 is 19.0 Å². The first kappa shape index (κ1) is 21.8. The molecule has 0 atom stereocenters. The van der Waals surface area contributed by atoms with E-state index in [4.69, 9.17) is 19.5 Å². The third-order valence-electron chi connectivity index (χ3n) is 3.64. The van der Waals surface area contributed by atoms with Crippen LogP contribution in [0.15, 0.2) is 46.4 Å². The fourth-order valence-electron chi connectivity index (χ4n) is 2.37. The molecular weight excluding hydrogens is 438 g/mol. The summed E-state index contributed by atoms with van der Waals surface area (Å²) in [6, 6.07) is 13.9. The van der Waals surface area contributed by atoms with E-state index in [-0.39, 0.29) is 12.2 Å². The Morgan fingerprint density at radius 3 is 2.52 bits per heavy atom. The van der Waals surface area contributed by atoms with E-state index in [0.717, 1.165) is 0 Å². The van der Waals surface area contributed by atoms with Crippen LogP contribution in [-0.4, -0.2) is 26.2 Å². The first-order valence-corrected chi connectivity index (χ1v) is 9.35. The van der Waals surface area contributed by atoms with Crippen LogP contribution in [0.1, 0.15) is 12.5 Å². The minimum Gasteiger partial charge on any atom is -0.497 e. The Morgan fingerprint density at radius 2 is 1.93 bits per heavy atom. The van der Waals surface area contributed by atoms with E-state index in [1.165, 1.54) is 6.08 Å². The maximum Gasteiger partial charge on any atom is 0.266 e. The number of rotatable bonds is 8. The minimum atomic E-state index is -0.545. The summed E-state index contributed by atoms with van der Waals surface area (Å²) >= 11 is 3.38. The third-order valence-corrected chi connectivity index (χ3v) is 4.23. The Hall–Kier alpha value is -3.49. The molecule has 0 aliphatic carbocycles. The van der Waals surface area contributed by atoms with Gasteiger partial charge < -0.3 is 19.5 Å². The van der Waals surface area contributed by atoms with Gasteiger partial charge in [-0.15, -0.1) is 0 Å². The summed E-state index contributed by atoms with van der Waals surface area (Å²) in [6.45, 7) is 2.06. The largest absolute Gasteiger partial charge is 0.497 e. The monoisotopic (exact) mass is 455 g/mol. The fourth-order valence-corrected chi connectivity index (χ4v) is 2.94. The molecule has 2 aromatic carbocycles. The average molecular weight is 456 g/mol. The lowest BCUT2D eigenvalue weighted by Gasteiger charge is -2.13. The molecule has 0 saturated heterocycles. The molecule has 7 nitrogen and oxygen atoms in total. The van der Waals surface area contributed by atoms with Gasteiger partial charge in [-0.25, -0.2) is 0 Å². The molecule has 0 spiro atoms. The Labute approximate surface area is 177 Å². The lowest BCUT2D eigenvalue weighted by molar-refractivity contribution is -0.112. The van der Waals surface area contributed by atoms with E-state index in [1.807, 2.05) is 19.1 Å². The number of carbonyl (C=O) groups excluding carboxylic acids is 1. The van der Waals surface area contributed by atoms with Gasteiger partial charge >= 0.3 is 0 Å².